The van der Waals surface area contributed by atoms with Crippen LogP contribution in [0.25, 0.3) is 0 Å². The summed E-state index contributed by atoms with van der Waals surface area (Å²) in [4.78, 5) is 0.309. The molecule has 142 valence electrons. The van der Waals surface area contributed by atoms with Gasteiger partial charge in [-0.2, -0.15) is 0 Å². The summed E-state index contributed by atoms with van der Waals surface area (Å²) in [6.07, 6.45) is 9.18. The summed E-state index contributed by atoms with van der Waals surface area (Å²) in [6, 6.07) is 14.9. The quantitative estimate of drug-likeness (QED) is 0.494. The molecule has 2 aromatic rings. The Hall–Kier alpha value is -1.81. The largest absolute Gasteiger partial charge is 0.280 e. The van der Waals surface area contributed by atoms with Crippen molar-refractivity contribution in [2.45, 2.75) is 70.1 Å². The fourth-order valence-electron chi connectivity index (χ4n) is 2.95. The molecule has 0 aliphatic carbocycles. The van der Waals surface area contributed by atoms with Gasteiger partial charge in [-0.1, -0.05) is 63.8 Å². The molecule has 1 N–H and O–H groups in total. The molecule has 4 heteroatoms. The van der Waals surface area contributed by atoms with E-state index in [2.05, 4.69) is 18.6 Å². The molecule has 3 nitrogen and oxygen atoms in total. The maximum Gasteiger partial charge on any atom is 0.261 e. The summed E-state index contributed by atoms with van der Waals surface area (Å²) < 4.78 is 27.8. The highest BCUT2D eigenvalue weighted by Gasteiger charge is 2.14. The molecule has 0 spiro atoms. The van der Waals surface area contributed by atoms with Crippen LogP contribution in [0.3, 0.4) is 0 Å². The van der Waals surface area contributed by atoms with Crippen LogP contribution >= 0.6 is 0 Å². The molecule has 2 rings (SSSR count). The first-order valence-electron chi connectivity index (χ1n) is 9.76. The molecule has 0 aliphatic rings. The lowest BCUT2D eigenvalue weighted by Crippen LogP contribution is -2.13. The first kappa shape index (κ1) is 20.5. The van der Waals surface area contributed by atoms with Crippen LogP contribution in [-0.4, -0.2) is 8.42 Å². The Morgan fingerprint density at radius 1 is 0.692 bits per heavy atom. The van der Waals surface area contributed by atoms with Crippen molar-refractivity contribution in [2.24, 2.45) is 0 Å². The molecule has 0 bridgehead atoms. The van der Waals surface area contributed by atoms with E-state index in [0.717, 1.165) is 19.3 Å². The summed E-state index contributed by atoms with van der Waals surface area (Å²) in [5, 5.41) is 0. The number of sulfonamides is 1. The monoisotopic (exact) mass is 373 g/mol. The van der Waals surface area contributed by atoms with Gasteiger partial charge in [0.05, 0.1) is 4.90 Å². The zero-order chi connectivity index (χ0) is 18.8. The van der Waals surface area contributed by atoms with Crippen molar-refractivity contribution in [2.75, 3.05) is 4.72 Å². The van der Waals surface area contributed by atoms with Gasteiger partial charge >= 0.3 is 0 Å². The van der Waals surface area contributed by atoms with Gasteiger partial charge in [-0.25, -0.2) is 8.42 Å². The molecule has 0 amide bonds. The summed E-state index contributed by atoms with van der Waals surface area (Å²) >= 11 is 0. The van der Waals surface area contributed by atoms with Gasteiger partial charge in [0.1, 0.15) is 0 Å². The topological polar surface area (TPSA) is 46.2 Å². The number of aryl methyl sites for hydroxylation is 2. The minimum Gasteiger partial charge on any atom is -0.280 e. The van der Waals surface area contributed by atoms with E-state index < -0.39 is 10.0 Å². The van der Waals surface area contributed by atoms with Crippen LogP contribution in [-0.2, 0) is 22.9 Å². The van der Waals surface area contributed by atoms with Gasteiger partial charge in [-0.3, -0.25) is 4.72 Å². The highest BCUT2D eigenvalue weighted by molar-refractivity contribution is 7.92. The summed E-state index contributed by atoms with van der Waals surface area (Å²) in [5.41, 5.74) is 3.04. The van der Waals surface area contributed by atoms with E-state index in [1.807, 2.05) is 36.4 Å². The van der Waals surface area contributed by atoms with E-state index >= 15 is 0 Å². The van der Waals surface area contributed by atoms with Crippen LogP contribution in [0.5, 0.6) is 0 Å². The van der Waals surface area contributed by atoms with Crippen molar-refractivity contribution in [3.05, 3.63) is 59.7 Å². The Balaban J connectivity index is 1.97. The first-order chi connectivity index (χ1) is 12.5. The summed E-state index contributed by atoms with van der Waals surface area (Å²) in [5.74, 6) is 0. The van der Waals surface area contributed by atoms with E-state index in [9.17, 15) is 8.42 Å². The lowest BCUT2D eigenvalue weighted by atomic mass is 10.1. The Bertz CT molecular complexity index is 750. The van der Waals surface area contributed by atoms with Gasteiger partial charge in [-0.05, 0) is 61.1 Å². The number of unbranched alkanes of at least 4 members (excludes halogenated alkanes) is 4. The molecule has 0 saturated carbocycles. The number of hydrogen-bond acceptors (Lipinski definition) is 2. The molecule has 0 heterocycles. The second kappa shape index (κ2) is 10.4. The molecule has 0 fully saturated rings. The minimum atomic E-state index is -3.54. The molecule has 0 aliphatic heterocycles. The van der Waals surface area contributed by atoms with Gasteiger partial charge in [0, 0.05) is 5.69 Å². The van der Waals surface area contributed by atoms with Crippen LogP contribution in [0.2, 0.25) is 0 Å². The van der Waals surface area contributed by atoms with Crippen molar-refractivity contribution in [3.8, 4) is 0 Å². The van der Waals surface area contributed by atoms with Crippen molar-refractivity contribution in [3.63, 3.8) is 0 Å². The van der Waals surface area contributed by atoms with E-state index in [4.69, 9.17) is 0 Å². The summed E-state index contributed by atoms with van der Waals surface area (Å²) in [6.45, 7) is 4.37. The Labute approximate surface area is 158 Å². The Morgan fingerprint density at radius 2 is 1.15 bits per heavy atom. The standard InChI is InChI=1S/C22H31NO2S/c1-3-5-7-9-19-11-15-21(16-12-19)23-26(24,25)22-17-13-20(14-18-22)10-8-6-4-2/h11-18,23H,3-10H2,1-2H3. The molecule has 26 heavy (non-hydrogen) atoms. The lowest BCUT2D eigenvalue weighted by Gasteiger charge is -2.10. The molecule has 0 unspecified atom stereocenters. The van der Waals surface area contributed by atoms with Crippen molar-refractivity contribution in [1.29, 1.82) is 0 Å². The minimum absolute atomic E-state index is 0.309. The maximum atomic E-state index is 12.6. The lowest BCUT2D eigenvalue weighted by molar-refractivity contribution is 0.601. The van der Waals surface area contributed by atoms with Crippen LogP contribution in [0.1, 0.15) is 63.5 Å². The normalized spacial score (nSPS) is 11.5. The van der Waals surface area contributed by atoms with Crippen molar-refractivity contribution in [1.82, 2.24) is 0 Å². The van der Waals surface area contributed by atoms with E-state index in [0.29, 0.717) is 10.6 Å². The molecular weight excluding hydrogens is 342 g/mol. The Kier molecular flexibility index (Phi) is 8.17. The molecule has 0 atom stereocenters. The van der Waals surface area contributed by atoms with E-state index in [1.165, 1.54) is 43.2 Å². The van der Waals surface area contributed by atoms with Gasteiger partial charge in [0.25, 0.3) is 10.0 Å². The third-order valence-corrected chi connectivity index (χ3v) is 5.98. The van der Waals surface area contributed by atoms with E-state index in [-0.39, 0.29) is 0 Å². The second-order valence-corrected chi connectivity index (χ2v) is 8.54. The third kappa shape index (κ3) is 6.49. The molecule has 0 aromatic heterocycles. The average molecular weight is 374 g/mol. The highest BCUT2D eigenvalue weighted by Crippen LogP contribution is 2.19. The molecule has 2 aromatic carbocycles. The molecular formula is C22H31NO2S. The number of rotatable bonds is 11. The van der Waals surface area contributed by atoms with Gasteiger partial charge in [0.2, 0.25) is 0 Å². The first-order valence-corrected chi connectivity index (χ1v) is 11.2. The van der Waals surface area contributed by atoms with Gasteiger partial charge in [0.15, 0.2) is 0 Å². The van der Waals surface area contributed by atoms with Crippen LogP contribution < -0.4 is 4.72 Å². The smallest absolute Gasteiger partial charge is 0.261 e. The molecule has 0 radical (unpaired) electrons. The van der Waals surface area contributed by atoms with Gasteiger partial charge in [-0.15, -0.1) is 0 Å². The second-order valence-electron chi connectivity index (χ2n) is 6.86. The fourth-order valence-corrected chi connectivity index (χ4v) is 4.01. The number of nitrogens with one attached hydrogen (secondary N) is 1. The number of hydrogen-bond donors (Lipinski definition) is 1. The zero-order valence-electron chi connectivity index (χ0n) is 16.0. The highest BCUT2D eigenvalue weighted by atomic mass is 32.2. The maximum absolute atomic E-state index is 12.6. The Morgan fingerprint density at radius 3 is 1.62 bits per heavy atom. The van der Waals surface area contributed by atoms with Gasteiger partial charge < -0.3 is 0 Å². The average Bonchev–Trinajstić information content (AvgIpc) is 2.64. The molecule has 0 saturated heterocycles. The zero-order valence-corrected chi connectivity index (χ0v) is 16.8. The van der Waals surface area contributed by atoms with E-state index in [1.54, 1.807) is 12.1 Å². The van der Waals surface area contributed by atoms with Crippen LogP contribution in [0, 0.1) is 0 Å². The van der Waals surface area contributed by atoms with Crippen LogP contribution in [0.15, 0.2) is 53.4 Å². The summed E-state index contributed by atoms with van der Waals surface area (Å²) in [7, 11) is -3.54. The SMILES string of the molecule is CCCCCc1ccc(NS(=O)(=O)c2ccc(CCCCC)cc2)cc1. The van der Waals surface area contributed by atoms with Crippen molar-refractivity contribution >= 4 is 15.7 Å². The predicted molar refractivity (Wildman–Crippen MR) is 110 cm³/mol. The van der Waals surface area contributed by atoms with Crippen LogP contribution in [0.4, 0.5) is 5.69 Å². The third-order valence-electron chi connectivity index (χ3n) is 4.58. The number of benzene rings is 2. The fraction of sp³-hybridized carbons (Fsp3) is 0.455. The van der Waals surface area contributed by atoms with Crippen molar-refractivity contribution < 1.29 is 8.42 Å². The predicted octanol–water partition coefficient (Wildman–Crippen LogP) is 5.95. The number of anilines is 1.